The molecule has 2 atom stereocenters. The molecule has 0 bridgehead atoms. The van der Waals surface area contributed by atoms with Crippen LogP contribution in [0.4, 0.5) is 0 Å². The van der Waals surface area contributed by atoms with Gasteiger partial charge < -0.3 is 0 Å². The van der Waals surface area contributed by atoms with Gasteiger partial charge in [0, 0.05) is 0 Å². The Kier molecular flexibility index (Phi) is 4.83. The monoisotopic (exact) mass is 181 g/mol. The molecular weight excluding hydrogens is 156 g/mol. The zero-order valence-electron chi connectivity index (χ0n) is 9.55. The average Bonchev–Trinajstić information content (AvgIpc) is 2.10. The first kappa shape index (κ1) is 11.1. The molecule has 0 spiro atoms. The Balaban J connectivity index is 2.26. The highest BCUT2D eigenvalue weighted by atomic mass is 14.3. The third-order valence-electron chi connectivity index (χ3n) is 3.81. The Morgan fingerprint density at radius 2 is 1.77 bits per heavy atom. The van der Waals surface area contributed by atoms with E-state index in [9.17, 15) is 0 Å². The lowest BCUT2D eigenvalue weighted by Gasteiger charge is -2.34. The van der Waals surface area contributed by atoms with Gasteiger partial charge in [-0.15, -0.1) is 0 Å². The van der Waals surface area contributed by atoms with E-state index in [2.05, 4.69) is 27.2 Å². The van der Waals surface area contributed by atoms with Crippen LogP contribution in [-0.4, -0.2) is 0 Å². The van der Waals surface area contributed by atoms with Crippen LogP contribution in [0, 0.1) is 24.2 Å². The maximum Gasteiger partial charge on any atom is -0.0363 e. The van der Waals surface area contributed by atoms with Crippen molar-refractivity contribution in [1.82, 2.24) is 0 Å². The van der Waals surface area contributed by atoms with Crippen LogP contribution in [0.5, 0.6) is 0 Å². The molecule has 1 saturated carbocycles. The lowest BCUT2D eigenvalue weighted by Crippen LogP contribution is -2.24. The zero-order chi connectivity index (χ0) is 9.68. The summed E-state index contributed by atoms with van der Waals surface area (Å²) in [5, 5.41) is 0. The minimum Gasteiger partial charge on any atom is -0.0623 e. The molecule has 1 aliphatic rings. The smallest absolute Gasteiger partial charge is 0.0363 e. The highest BCUT2D eigenvalue weighted by molar-refractivity contribution is 4.77. The highest BCUT2D eigenvalue weighted by Crippen LogP contribution is 2.37. The fraction of sp³-hybridized carbons (Fsp3) is 0.923. The number of hydrogen-bond acceptors (Lipinski definition) is 0. The molecule has 0 aliphatic heterocycles. The molecule has 1 fully saturated rings. The molecule has 0 aromatic heterocycles. The molecule has 2 unspecified atom stereocenters. The molecule has 0 aromatic carbocycles. The predicted molar refractivity (Wildman–Crippen MR) is 59.5 cm³/mol. The lowest BCUT2D eigenvalue weighted by molar-refractivity contribution is 0.165. The van der Waals surface area contributed by atoms with Crippen molar-refractivity contribution in [3.05, 3.63) is 6.42 Å². The predicted octanol–water partition coefficient (Wildman–Crippen LogP) is 4.45. The van der Waals surface area contributed by atoms with Crippen LogP contribution in [0.1, 0.15) is 59.3 Å². The topological polar surface area (TPSA) is 0 Å². The molecule has 0 heterocycles. The van der Waals surface area contributed by atoms with Crippen molar-refractivity contribution in [2.45, 2.75) is 59.3 Å². The molecule has 1 radical (unpaired) electrons. The SMILES string of the molecule is C[CH]CCCC1C(C)CCCC1C. The lowest BCUT2D eigenvalue weighted by atomic mass is 9.71. The Morgan fingerprint density at radius 1 is 1.15 bits per heavy atom. The van der Waals surface area contributed by atoms with Gasteiger partial charge in [-0.25, -0.2) is 0 Å². The van der Waals surface area contributed by atoms with Gasteiger partial charge in [0.15, 0.2) is 0 Å². The molecular formula is C13H25. The second-order valence-electron chi connectivity index (χ2n) is 4.89. The van der Waals surface area contributed by atoms with Crippen LogP contribution in [0.2, 0.25) is 0 Å². The second kappa shape index (κ2) is 5.67. The van der Waals surface area contributed by atoms with Crippen LogP contribution in [0.15, 0.2) is 0 Å². The number of unbranched alkanes of at least 4 members (excludes halogenated alkanes) is 2. The van der Waals surface area contributed by atoms with E-state index in [4.69, 9.17) is 0 Å². The molecule has 1 rings (SSSR count). The Morgan fingerprint density at radius 3 is 2.31 bits per heavy atom. The van der Waals surface area contributed by atoms with E-state index >= 15 is 0 Å². The summed E-state index contributed by atoms with van der Waals surface area (Å²) >= 11 is 0. The highest BCUT2D eigenvalue weighted by Gasteiger charge is 2.26. The van der Waals surface area contributed by atoms with E-state index in [1.165, 1.54) is 38.5 Å². The van der Waals surface area contributed by atoms with Gasteiger partial charge in [0.05, 0.1) is 0 Å². The fourth-order valence-corrected chi connectivity index (χ4v) is 2.88. The first-order valence-corrected chi connectivity index (χ1v) is 6.03. The van der Waals surface area contributed by atoms with Crippen LogP contribution >= 0.6 is 0 Å². The molecule has 0 saturated heterocycles. The summed E-state index contributed by atoms with van der Waals surface area (Å²) in [7, 11) is 0. The number of rotatable bonds is 4. The van der Waals surface area contributed by atoms with Crippen molar-refractivity contribution >= 4 is 0 Å². The molecule has 1 aliphatic carbocycles. The van der Waals surface area contributed by atoms with Crippen molar-refractivity contribution in [2.24, 2.45) is 17.8 Å². The quantitative estimate of drug-likeness (QED) is 0.562. The largest absolute Gasteiger partial charge is 0.0623 e. The third-order valence-corrected chi connectivity index (χ3v) is 3.81. The second-order valence-corrected chi connectivity index (χ2v) is 4.89. The Bertz CT molecular complexity index is 118. The van der Waals surface area contributed by atoms with E-state index in [0.717, 1.165) is 17.8 Å². The maximum atomic E-state index is 2.45. The number of hydrogen-bond donors (Lipinski definition) is 0. The van der Waals surface area contributed by atoms with Crippen LogP contribution < -0.4 is 0 Å². The molecule has 0 N–H and O–H groups in total. The van der Waals surface area contributed by atoms with Crippen LogP contribution in [-0.2, 0) is 0 Å². The first-order valence-electron chi connectivity index (χ1n) is 6.03. The Labute approximate surface area is 84.1 Å². The third kappa shape index (κ3) is 3.32. The summed E-state index contributed by atoms with van der Waals surface area (Å²) in [5.41, 5.74) is 0. The van der Waals surface area contributed by atoms with Gasteiger partial charge in [-0.2, -0.15) is 0 Å². The molecule has 0 nitrogen and oxygen atoms in total. The van der Waals surface area contributed by atoms with Crippen molar-refractivity contribution in [3.8, 4) is 0 Å². The van der Waals surface area contributed by atoms with Crippen molar-refractivity contribution in [1.29, 1.82) is 0 Å². The maximum absolute atomic E-state index is 2.45. The van der Waals surface area contributed by atoms with E-state index in [1.807, 2.05) is 0 Å². The van der Waals surface area contributed by atoms with Gasteiger partial charge in [-0.3, -0.25) is 0 Å². The fourth-order valence-electron chi connectivity index (χ4n) is 2.88. The van der Waals surface area contributed by atoms with Crippen molar-refractivity contribution in [3.63, 3.8) is 0 Å². The van der Waals surface area contributed by atoms with Gasteiger partial charge in [0.2, 0.25) is 0 Å². The molecule has 0 amide bonds. The standard InChI is InChI=1S/C13H25/c1-4-5-6-10-13-11(2)8-7-9-12(13)3/h4,11-13H,5-10H2,1-3H3. The van der Waals surface area contributed by atoms with E-state index in [-0.39, 0.29) is 0 Å². The van der Waals surface area contributed by atoms with Crippen molar-refractivity contribution in [2.75, 3.05) is 0 Å². The molecule has 0 heteroatoms. The van der Waals surface area contributed by atoms with Gasteiger partial charge in [0.1, 0.15) is 0 Å². The van der Waals surface area contributed by atoms with Gasteiger partial charge in [0.25, 0.3) is 0 Å². The summed E-state index contributed by atoms with van der Waals surface area (Å²) in [6.45, 7) is 7.08. The summed E-state index contributed by atoms with van der Waals surface area (Å²) in [5.74, 6) is 3.00. The summed E-state index contributed by atoms with van der Waals surface area (Å²) in [4.78, 5) is 0. The molecule has 13 heavy (non-hydrogen) atoms. The molecule has 0 aromatic rings. The van der Waals surface area contributed by atoms with E-state index in [0.29, 0.717) is 0 Å². The molecule has 77 valence electrons. The summed E-state index contributed by atoms with van der Waals surface area (Å²) < 4.78 is 0. The summed E-state index contributed by atoms with van der Waals surface area (Å²) in [6.07, 6.45) is 10.9. The first-order chi connectivity index (χ1) is 6.25. The van der Waals surface area contributed by atoms with E-state index in [1.54, 1.807) is 0 Å². The Hall–Kier alpha value is 0. The van der Waals surface area contributed by atoms with Crippen LogP contribution in [0.3, 0.4) is 0 Å². The normalized spacial score (nSPS) is 34.8. The minimum absolute atomic E-state index is 0.987. The van der Waals surface area contributed by atoms with Crippen molar-refractivity contribution < 1.29 is 0 Å². The van der Waals surface area contributed by atoms with Crippen LogP contribution in [0.25, 0.3) is 0 Å². The zero-order valence-corrected chi connectivity index (χ0v) is 9.55. The van der Waals surface area contributed by atoms with E-state index < -0.39 is 0 Å². The average molecular weight is 181 g/mol. The van der Waals surface area contributed by atoms with Gasteiger partial charge >= 0.3 is 0 Å². The summed E-state index contributed by atoms with van der Waals surface area (Å²) in [6, 6.07) is 0. The van der Waals surface area contributed by atoms with Gasteiger partial charge in [-0.1, -0.05) is 52.9 Å². The minimum atomic E-state index is 0.987. The van der Waals surface area contributed by atoms with Gasteiger partial charge in [-0.05, 0) is 30.6 Å².